The number of carbonyl (C=O) groups excluding carboxylic acids is 1. The maximum absolute atomic E-state index is 13.6. The number of amides is 1. The molecule has 7 nitrogen and oxygen atoms in total. The van der Waals surface area contributed by atoms with E-state index in [1.165, 1.54) is 30.0 Å². The van der Waals surface area contributed by atoms with Crippen molar-refractivity contribution in [2.24, 2.45) is 10.7 Å². The van der Waals surface area contributed by atoms with Gasteiger partial charge in [0.2, 0.25) is 5.91 Å². The van der Waals surface area contributed by atoms with Crippen LogP contribution in [-0.4, -0.2) is 36.5 Å². The van der Waals surface area contributed by atoms with Crippen LogP contribution in [0.15, 0.2) is 76.4 Å². The molecule has 0 unspecified atom stereocenters. The topological polar surface area (TPSA) is 98.7 Å². The molecule has 0 radical (unpaired) electrons. The van der Waals surface area contributed by atoms with E-state index in [4.69, 9.17) is 10.5 Å². The number of hydrogen-bond acceptors (Lipinski definition) is 5. The molecular weight excluding hydrogens is 485 g/mol. The number of methoxy groups -OCH3 is 1. The average molecular weight is 513 g/mol. The summed E-state index contributed by atoms with van der Waals surface area (Å²) in [5.41, 5.74) is 7.83. The molecule has 0 bridgehead atoms. The first kappa shape index (κ1) is 27.3. The normalized spacial score (nSPS) is 12.1. The van der Waals surface area contributed by atoms with Crippen LogP contribution in [0.25, 0.3) is 16.8 Å². The number of ether oxygens (including phenoxy) is 1. The van der Waals surface area contributed by atoms with Crippen molar-refractivity contribution in [2.45, 2.75) is 26.4 Å². The smallest absolute Gasteiger partial charge is 0.405 e. The van der Waals surface area contributed by atoms with Gasteiger partial charge in [0.15, 0.2) is 0 Å². The van der Waals surface area contributed by atoms with Crippen LogP contribution in [0.2, 0.25) is 0 Å². The van der Waals surface area contributed by atoms with Crippen molar-refractivity contribution < 1.29 is 22.7 Å². The molecule has 0 atom stereocenters. The summed E-state index contributed by atoms with van der Waals surface area (Å²) in [7, 11) is 1.53. The van der Waals surface area contributed by atoms with Gasteiger partial charge in [0.05, 0.1) is 12.7 Å². The Morgan fingerprint density at radius 3 is 2.32 bits per heavy atom. The van der Waals surface area contributed by atoms with Crippen LogP contribution in [0.4, 0.5) is 13.2 Å². The van der Waals surface area contributed by atoms with Crippen molar-refractivity contribution in [3.63, 3.8) is 0 Å². The lowest BCUT2D eigenvalue weighted by Gasteiger charge is -2.15. The molecule has 10 heteroatoms. The number of primary amides is 1. The molecule has 1 aromatic heterocycles. The van der Waals surface area contributed by atoms with Crippen molar-refractivity contribution in [2.75, 3.05) is 13.7 Å². The van der Waals surface area contributed by atoms with Gasteiger partial charge in [0, 0.05) is 29.2 Å². The summed E-state index contributed by atoms with van der Waals surface area (Å²) >= 11 is 0. The summed E-state index contributed by atoms with van der Waals surface area (Å²) in [6.45, 7) is 2.29. The van der Waals surface area contributed by atoms with Gasteiger partial charge in [-0.1, -0.05) is 19.1 Å². The number of carbonyl (C=O) groups is 1. The highest BCUT2D eigenvalue weighted by Crippen LogP contribution is 2.24. The Kier molecular flexibility index (Phi) is 8.54. The molecule has 1 amide bonds. The Labute approximate surface area is 212 Å². The maximum Gasteiger partial charge on any atom is 0.405 e. The van der Waals surface area contributed by atoms with Crippen LogP contribution in [0.5, 0.6) is 5.75 Å². The van der Waals surface area contributed by atoms with Gasteiger partial charge >= 0.3 is 6.18 Å². The van der Waals surface area contributed by atoms with Crippen LogP contribution < -0.4 is 21.3 Å². The number of pyridine rings is 1. The van der Waals surface area contributed by atoms with E-state index in [-0.39, 0.29) is 11.4 Å². The first-order chi connectivity index (χ1) is 17.5. The monoisotopic (exact) mass is 512 g/mol. The quantitative estimate of drug-likeness (QED) is 0.405. The molecule has 0 saturated carbocycles. The number of benzene rings is 2. The van der Waals surface area contributed by atoms with E-state index >= 15 is 0 Å². The molecule has 0 aliphatic carbocycles. The SMILES string of the molecule is CC/C=C(/N=Cc1cn(-c2ccc(OC)cc2)c(=O)c(-c2ccc(C(N)=O)cc2)c1C)NCC(F)(F)F. The molecule has 3 rings (SSSR count). The molecule has 1 heterocycles. The predicted molar refractivity (Wildman–Crippen MR) is 137 cm³/mol. The lowest BCUT2D eigenvalue weighted by atomic mass is 9.97. The Balaban J connectivity index is 2.16. The zero-order valence-corrected chi connectivity index (χ0v) is 20.6. The lowest BCUT2D eigenvalue weighted by Crippen LogP contribution is -2.28. The molecule has 0 aliphatic rings. The van der Waals surface area contributed by atoms with Crippen molar-refractivity contribution in [1.82, 2.24) is 9.88 Å². The van der Waals surface area contributed by atoms with E-state index in [0.29, 0.717) is 45.7 Å². The zero-order chi connectivity index (χ0) is 27.2. The van der Waals surface area contributed by atoms with Crippen molar-refractivity contribution in [3.05, 3.63) is 93.7 Å². The molecule has 0 fully saturated rings. The van der Waals surface area contributed by atoms with Gasteiger partial charge in [-0.25, -0.2) is 4.99 Å². The number of nitrogens with one attached hydrogen (secondary N) is 1. The number of aliphatic imine (C=N–C) groups is 1. The summed E-state index contributed by atoms with van der Waals surface area (Å²) in [4.78, 5) is 29.3. The molecule has 0 spiro atoms. The van der Waals surface area contributed by atoms with E-state index in [1.54, 1.807) is 62.5 Å². The molecule has 0 aliphatic heterocycles. The summed E-state index contributed by atoms with van der Waals surface area (Å²) in [6, 6.07) is 13.1. The Bertz CT molecular complexity index is 1370. The van der Waals surface area contributed by atoms with Gasteiger partial charge in [0.25, 0.3) is 5.56 Å². The Morgan fingerprint density at radius 2 is 1.78 bits per heavy atom. The number of rotatable bonds is 9. The van der Waals surface area contributed by atoms with Crippen molar-refractivity contribution in [1.29, 1.82) is 0 Å². The molecule has 3 N–H and O–H groups in total. The minimum Gasteiger partial charge on any atom is -0.497 e. The van der Waals surface area contributed by atoms with Crippen LogP contribution in [0.3, 0.4) is 0 Å². The third kappa shape index (κ3) is 6.87. The molecule has 194 valence electrons. The average Bonchev–Trinajstić information content (AvgIpc) is 2.86. The maximum atomic E-state index is 13.6. The van der Waals surface area contributed by atoms with Gasteiger partial charge in [-0.2, -0.15) is 13.2 Å². The fourth-order valence-electron chi connectivity index (χ4n) is 3.62. The minimum absolute atomic E-state index is 0.0637. The predicted octanol–water partition coefficient (Wildman–Crippen LogP) is 4.74. The summed E-state index contributed by atoms with van der Waals surface area (Å²) in [5.74, 6) is 0.0771. The number of halogens is 3. The lowest BCUT2D eigenvalue weighted by molar-refractivity contribution is -0.123. The van der Waals surface area contributed by atoms with Crippen LogP contribution in [0.1, 0.15) is 34.8 Å². The van der Waals surface area contributed by atoms with Crippen LogP contribution in [0, 0.1) is 6.92 Å². The molecule has 37 heavy (non-hydrogen) atoms. The van der Waals surface area contributed by atoms with Crippen LogP contribution >= 0.6 is 0 Å². The summed E-state index contributed by atoms with van der Waals surface area (Å²) in [5, 5.41) is 2.30. The molecular formula is C27H27F3N4O3. The first-order valence-electron chi connectivity index (χ1n) is 11.4. The third-order valence-electron chi connectivity index (χ3n) is 5.53. The number of allylic oxidation sites excluding steroid dienone is 1. The molecule has 3 aromatic rings. The van der Waals surface area contributed by atoms with Gasteiger partial charge in [-0.3, -0.25) is 14.2 Å². The number of alkyl halides is 3. The second-order valence-corrected chi connectivity index (χ2v) is 8.12. The number of nitrogens with two attached hydrogens (primary N) is 1. The summed E-state index contributed by atoms with van der Waals surface area (Å²) < 4.78 is 44.8. The van der Waals surface area contributed by atoms with E-state index in [9.17, 15) is 22.8 Å². The fourth-order valence-corrected chi connectivity index (χ4v) is 3.62. The van der Waals surface area contributed by atoms with E-state index in [0.717, 1.165) is 0 Å². The van der Waals surface area contributed by atoms with Crippen molar-refractivity contribution >= 4 is 12.1 Å². The number of aromatic nitrogens is 1. The Hall–Kier alpha value is -4.34. The molecule has 0 saturated heterocycles. The van der Waals surface area contributed by atoms with E-state index in [1.807, 2.05) is 0 Å². The largest absolute Gasteiger partial charge is 0.497 e. The fraction of sp³-hybridized carbons (Fsp3) is 0.222. The standard InChI is InChI=1S/C27H27F3N4O3/c1-4-5-23(33-16-27(28,29)30)32-14-20-15-34(21-10-12-22(37-3)13-11-21)26(36)24(17(20)2)18-6-8-19(9-7-18)25(31)35/h5-15,33H,4,16H2,1-3H3,(H2,31,35)/b23-5-,32-14?. The second kappa shape index (κ2) is 11.6. The van der Waals surface area contributed by atoms with Gasteiger partial charge in [-0.05, 0) is 66.9 Å². The first-order valence-corrected chi connectivity index (χ1v) is 11.4. The highest BCUT2D eigenvalue weighted by molar-refractivity contribution is 5.93. The summed E-state index contributed by atoms with van der Waals surface area (Å²) in [6.07, 6.45) is 0.614. The number of hydrogen-bond donors (Lipinski definition) is 2. The molecule has 2 aromatic carbocycles. The third-order valence-corrected chi connectivity index (χ3v) is 5.53. The zero-order valence-electron chi connectivity index (χ0n) is 20.6. The second-order valence-electron chi connectivity index (χ2n) is 8.12. The number of nitrogens with zero attached hydrogens (tertiary/aromatic N) is 2. The Morgan fingerprint density at radius 1 is 1.14 bits per heavy atom. The van der Waals surface area contributed by atoms with Gasteiger partial charge in [0.1, 0.15) is 18.1 Å². The van der Waals surface area contributed by atoms with E-state index < -0.39 is 18.6 Å². The highest BCUT2D eigenvalue weighted by atomic mass is 19.4. The van der Waals surface area contributed by atoms with Crippen molar-refractivity contribution in [3.8, 4) is 22.6 Å². The van der Waals surface area contributed by atoms with Gasteiger partial charge < -0.3 is 15.8 Å². The van der Waals surface area contributed by atoms with E-state index in [2.05, 4.69) is 10.3 Å². The minimum atomic E-state index is -4.40. The van der Waals surface area contributed by atoms with Crippen LogP contribution in [-0.2, 0) is 0 Å². The highest BCUT2D eigenvalue weighted by Gasteiger charge is 2.26. The van der Waals surface area contributed by atoms with Gasteiger partial charge in [-0.15, -0.1) is 0 Å².